The molecule has 0 saturated heterocycles. The van der Waals surface area contributed by atoms with Crippen molar-refractivity contribution < 1.29 is 0 Å². The molecule has 0 rings (SSSR count). The van der Waals surface area contributed by atoms with Crippen molar-refractivity contribution in [3.63, 3.8) is 0 Å². The normalized spacial score (nSPS) is 13.4. The van der Waals surface area contributed by atoms with Crippen molar-refractivity contribution in [3.05, 3.63) is 0 Å². The number of thiol groups is 1. The molecular weight excluding hydrogens is 202 g/mol. The van der Waals surface area contributed by atoms with E-state index in [1.165, 1.54) is 58.2 Å². The molecule has 0 bridgehead atoms. The van der Waals surface area contributed by atoms with E-state index in [1.54, 1.807) is 0 Å². The van der Waals surface area contributed by atoms with E-state index >= 15 is 0 Å². The third kappa shape index (κ3) is 9.25. The molecule has 15 heavy (non-hydrogen) atoms. The minimum Gasteiger partial charge on any atom is -0.303 e. The van der Waals surface area contributed by atoms with Gasteiger partial charge < -0.3 is 4.90 Å². The van der Waals surface area contributed by atoms with Crippen LogP contribution in [0.1, 0.15) is 59.3 Å². The summed E-state index contributed by atoms with van der Waals surface area (Å²) in [7, 11) is 0. The highest BCUT2D eigenvalue weighted by Gasteiger charge is 2.05. The first-order valence-electron chi connectivity index (χ1n) is 6.64. The summed E-state index contributed by atoms with van der Waals surface area (Å²) in [6.07, 6.45) is 7.68. The second kappa shape index (κ2) is 10.8. The molecule has 0 aromatic carbocycles. The summed E-state index contributed by atoms with van der Waals surface area (Å²) in [6.45, 7) is 10.6. The molecule has 0 N–H and O–H groups in total. The largest absolute Gasteiger partial charge is 0.303 e. The van der Waals surface area contributed by atoms with Crippen molar-refractivity contribution in [2.45, 2.75) is 64.5 Å². The highest BCUT2D eigenvalue weighted by molar-refractivity contribution is 7.80. The highest BCUT2D eigenvalue weighted by atomic mass is 32.1. The lowest BCUT2D eigenvalue weighted by atomic mass is 10.1. The summed E-state index contributed by atoms with van der Waals surface area (Å²) in [5, 5.41) is 0.625. The quantitative estimate of drug-likeness (QED) is 0.557. The molecule has 1 unspecified atom stereocenters. The number of hydrogen-bond acceptors (Lipinski definition) is 2. The second-order valence-electron chi connectivity index (χ2n) is 4.43. The summed E-state index contributed by atoms with van der Waals surface area (Å²) in [5.74, 6) is 0. The van der Waals surface area contributed by atoms with Gasteiger partial charge in [-0.25, -0.2) is 0 Å². The fourth-order valence-electron chi connectivity index (χ4n) is 2.00. The van der Waals surface area contributed by atoms with Crippen molar-refractivity contribution in [1.82, 2.24) is 4.90 Å². The van der Waals surface area contributed by atoms with E-state index in [2.05, 4.69) is 38.3 Å². The van der Waals surface area contributed by atoms with Crippen LogP contribution in [0, 0.1) is 0 Å². The molecule has 0 aliphatic carbocycles. The van der Waals surface area contributed by atoms with E-state index in [1.807, 2.05) is 0 Å². The van der Waals surface area contributed by atoms with Crippen LogP contribution in [-0.4, -0.2) is 29.8 Å². The lowest BCUT2D eigenvalue weighted by molar-refractivity contribution is 0.268. The Morgan fingerprint density at radius 1 is 0.867 bits per heavy atom. The molecule has 0 radical (unpaired) electrons. The van der Waals surface area contributed by atoms with Crippen molar-refractivity contribution >= 4 is 12.6 Å². The first-order chi connectivity index (χ1) is 7.24. The standard InChI is InChI=1S/C13H29NS/c1-4-8-13(15)9-7-12-14(10-5-2)11-6-3/h13,15H,4-12H2,1-3H3. The zero-order valence-electron chi connectivity index (χ0n) is 10.8. The average Bonchev–Trinajstić information content (AvgIpc) is 2.19. The van der Waals surface area contributed by atoms with E-state index in [9.17, 15) is 0 Å². The Kier molecular flexibility index (Phi) is 11.0. The molecule has 0 aromatic heterocycles. The molecule has 0 spiro atoms. The molecule has 0 heterocycles. The summed E-state index contributed by atoms with van der Waals surface area (Å²) in [4.78, 5) is 2.59. The SMILES string of the molecule is CCCC(S)CCCN(CCC)CCC. The van der Waals surface area contributed by atoms with E-state index in [0.717, 1.165) is 0 Å². The van der Waals surface area contributed by atoms with Gasteiger partial charge in [-0.05, 0) is 51.7 Å². The van der Waals surface area contributed by atoms with Crippen molar-refractivity contribution in [1.29, 1.82) is 0 Å². The smallest absolute Gasteiger partial charge is 0.00171 e. The van der Waals surface area contributed by atoms with Gasteiger partial charge in [-0.1, -0.05) is 27.2 Å². The first-order valence-corrected chi connectivity index (χ1v) is 7.16. The molecular formula is C13H29NS. The van der Waals surface area contributed by atoms with Crippen molar-refractivity contribution in [2.24, 2.45) is 0 Å². The maximum absolute atomic E-state index is 4.60. The van der Waals surface area contributed by atoms with Gasteiger partial charge in [0.2, 0.25) is 0 Å². The van der Waals surface area contributed by atoms with Crippen LogP contribution < -0.4 is 0 Å². The van der Waals surface area contributed by atoms with Crippen LogP contribution in [0.25, 0.3) is 0 Å². The summed E-state index contributed by atoms with van der Waals surface area (Å²) in [5.41, 5.74) is 0. The molecule has 92 valence electrons. The van der Waals surface area contributed by atoms with Gasteiger partial charge >= 0.3 is 0 Å². The molecule has 0 aromatic rings. The molecule has 0 saturated carbocycles. The highest BCUT2D eigenvalue weighted by Crippen LogP contribution is 2.12. The van der Waals surface area contributed by atoms with Crippen molar-refractivity contribution in [2.75, 3.05) is 19.6 Å². The lowest BCUT2D eigenvalue weighted by Gasteiger charge is -2.21. The van der Waals surface area contributed by atoms with Gasteiger partial charge in [-0.2, -0.15) is 12.6 Å². The van der Waals surface area contributed by atoms with E-state index in [-0.39, 0.29) is 0 Å². The van der Waals surface area contributed by atoms with Crippen LogP contribution in [0.4, 0.5) is 0 Å². The minimum absolute atomic E-state index is 0.625. The predicted molar refractivity (Wildman–Crippen MR) is 73.9 cm³/mol. The van der Waals surface area contributed by atoms with Gasteiger partial charge in [-0.3, -0.25) is 0 Å². The summed E-state index contributed by atoms with van der Waals surface area (Å²) >= 11 is 4.60. The molecule has 0 aliphatic rings. The van der Waals surface area contributed by atoms with E-state index < -0.39 is 0 Å². The molecule has 0 amide bonds. The molecule has 0 aliphatic heterocycles. The topological polar surface area (TPSA) is 3.24 Å². The van der Waals surface area contributed by atoms with Gasteiger partial charge in [0.1, 0.15) is 0 Å². The van der Waals surface area contributed by atoms with Gasteiger partial charge in [0.05, 0.1) is 0 Å². The maximum atomic E-state index is 4.60. The first kappa shape index (κ1) is 15.3. The lowest BCUT2D eigenvalue weighted by Crippen LogP contribution is -2.27. The fourth-order valence-corrected chi connectivity index (χ4v) is 2.44. The Hall–Kier alpha value is 0.310. The Balaban J connectivity index is 3.51. The van der Waals surface area contributed by atoms with Crippen LogP contribution in [-0.2, 0) is 0 Å². The number of hydrogen-bond donors (Lipinski definition) is 1. The summed E-state index contributed by atoms with van der Waals surface area (Å²) < 4.78 is 0. The Bertz CT molecular complexity index is 122. The Morgan fingerprint density at radius 3 is 1.93 bits per heavy atom. The predicted octanol–water partition coefficient (Wildman–Crippen LogP) is 3.99. The Labute approximate surface area is 102 Å². The molecule has 1 nitrogen and oxygen atoms in total. The number of rotatable bonds is 10. The maximum Gasteiger partial charge on any atom is 0.00171 e. The van der Waals surface area contributed by atoms with Crippen LogP contribution in [0.3, 0.4) is 0 Å². The fraction of sp³-hybridized carbons (Fsp3) is 1.00. The average molecular weight is 231 g/mol. The third-order valence-corrected chi connectivity index (χ3v) is 3.23. The molecule has 2 heteroatoms. The summed E-state index contributed by atoms with van der Waals surface area (Å²) in [6, 6.07) is 0. The van der Waals surface area contributed by atoms with Crippen LogP contribution in [0.5, 0.6) is 0 Å². The zero-order chi connectivity index (χ0) is 11.5. The van der Waals surface area contributed by atoms with Crippen molar-refractivity contribution in [3.8, 4) is 0 Å². The van der Waals surface area contributed by atoms with Crippen LogP contribution in [0.2, 0.25) is 0 Å². The van der Waals surface area contributed by atoms with Gasteiger partial charge in [-0.15, -0.1) is 0 Å². The van der Waals surface area contributed by atoms with E-state index in [4.69, 9.17) is 0 Å². The minimum atomic E-state index is 0.625. The molecule has 0 fully saturated rings. The van der Waals surface area contributed by atoms with Gasteiger partial charge in [0, 0.05) is 5.25 Å². The zero-order valence-corrected chi connectivity index (χ0v) is 11.7. The van der Waals surface area contributed by atoms with Gasteiger partial charge in [0.25, 0.3) is 0 Å². The third-order valence-electron chi connectivity index (χ3n) is 2.71. The van der Waals surface area contributed by atoms with Gasteiger partial charge in [0.15, 0.2) is 0 Å². The monoisotopic (exact) mass is 231 g/mol. The van der Waals surface area contributed by atoms with E-state index in [0.29, 0.717) is 5.25 Å². The number of nitrogens with zero attached hydrogens (tertiary/aromatic N) is 1. The molecule has 1 atom stereocenters. The van der Waals surface area contributed by atoms with Crippen LogP contribution >= 0.6 is 12.6 Å². The second-order valence-corrected chi connectivity index (χ2v) is 5.16. The van der Waals surface area contributed by atoms with Crippen LogP contribution in [0.15, 0.2) is 0 Å². The Morgan fingerprint density at radius 2 is 1.47 bits per heavy atom.